The fourth-order valence-electron chi connectivity index (χ4n) is 3.31. The van der Waals surface area contributed by atoms with Crippen LogP contribution in [0.4, 0.5) is 5.69 Å². The minimum Gasteiger partial charge on any atom is -0.323 e. The van der Waals surface area contributed by atoms with Gasteiger partial charge in [-0.15, -0.1) is 0 Å². The predicted molar refractivity (Wildman–Crippen MR) is 112 cm³/mol. The molecule has 0 saturated carbocycles. The van der Waals surface area contributed by atoms with Crippen molar-refractivity contribution in [2.24, 2.45) is 5.92 Å². The smallest absolute Gasteiger partial charge is 0.244 e. The quantitative estimate of drug-likeness (QED) is 0.802. The Kier molecular flexibility index (Phi) is 6.19. The summed E-state index contributed by atoms with van der Waals surface area (Å²) in [6.07, 6.45) is 3.98. The van der Waals surface area contributed by atoms with Gasteiger partial charge < -0.3 is 5.32 Å². The lowest BCUT2D eigenvalue weighted by molar-refractivity contribution is -0.120. The topological polar surface area (TPSA) is 116 Å². The van der Waals surface area contributed by atoms with E-state index in [0.717, 1.165) is 0 Å². The van der Waals surface area contributed by atoms with Gasteiger partial charge in [0.15, 0.2) is 0 Å². The number of anilines is 1. The van der Waals surface area contributed by atoms with Crippen molar-refractivity contribution in [3.63, 3.8) is 0 Å². The molecule has 1 amide bonds. The third-order valence-electron chi connectivity index (χ3n) is 5.04. The number of nitriles is 1. The average molecular weight is 428 g/mol. The van der Waals surface area contributed by atoms with Gasteiger partial charge >= 0.3 is 0 Å². The zero-order valence-corrected chi connectivity index (χ0v) is 18.1. The van der Waals surface area contributed by atoms with Gasteiger partial charge in [0.2, 0.25) is 15.9 Å². The summed E-state index contributed by atoms with van der Waals surface area (Å²) in [5.74, 6) is 0.221. The predicted octanol–water partition coefficient (Wildman–Crippen LogP) is 2.69. The highest BCUT2D eigenvalue weighted by Gasteiger charge is 2.33. The average Bonchev–Trinajstić information content (AvgIpc) is 2.73. The second-order valence-corrected chi connectivity index (χ2v) is 10.2. The Bertz CT molecular complexity index is 1060. The molecule has 3 rings (SSSR count). The second-order valence-electron chi connectivity index (χ2n) is 8.32. The molecule has 1 aromatic carbocycles. The number of sulfonamides is 1. The van der Waals surface area contributed by atoms with Gasteiger partial charge in [0, 0.05) is 24.4 Å². The van der Waals surface area contributed by atoms with Crippen LogP contribution >= 0.6 is 0 Å². The van der Waals surface area contributed by atoms with Gasteiger partial charge in [-0.3, -0.25) is 4.79 Å². The highest BCUT2D eigenvalue weighted by Crippen LogP contribution is 2.26. The van der Waals surface area contributed by atoms with E-state index < -0.39 is 10.0 Å². The number of hydrogen-bond donors (Lipinski definition) is 1. The van der Waals surface area contributed by atoms with E-state index in [2.05, 4.69) is 15.3 Å². The highest BCUT2D eigenvalue weighted by atomic mass is 32.2. The number of amides is 1. The summed E-state index contributed by atoms with van der Waals surface area (Å²) in [7, 11) is -3.77. The lowest BCUT2D eigenvalue weighted by Gasteiger charge is -2.30. The molecule has 1 fully saturated rings. The molecular weight excluding hydrogens is 402 g/mol. The molecule has 1 saturated heterocycles. The maximum Gasteiger partial charge on any atom is 0.244 e. The van der Waals surface area contributed by atoms with E-state index in [1.807, 2.05) is 26.8 Å². The standard InChI is InChI=1S/C21H25N5O3S/c1-21(2,3)20-23-13-17(14-24-20)25-19(27)15-8-10-26(11-9-15)30(28,29)18-7-5-4-6-16(18)12-22/h4-7,13-15H,8-11H2,1-3H3,(H,25,27). The number of nitrogens with zero attached hydrogens (tertiary/aromatic N) is 4. The van der Waals surface area contributed by atoms with E-state index in [4.69, 9.17) is 0 Å². The summed E-state index contributed by atoms with van der Waals surface area (Å²) >= 11 is 0. The maximum absolute atomic E-state index is 12.9. The van der Waals surface area contributed by atoms with Gasteiger partial charge in [-0.1, -0.05) is 32.9 Å². The van der Waals surface area contributed by atoms with Crippen molar-refractivity contribution in [2.75, 3.05) is 18.4 Å². The highest BCUT2D eigenvalue weighted by molar-refractivity contribution is 7.89. The molecule has 158 valence electrons. The molecule has 1 aromatic heterocycles. The first-order chi connectivity index (χ1) is 14.1. The van der Waals surface area contributed by atoms with Crippen LogP contribution in [-0.2, 0) is 20.2 Å². The molecule has 2 heterocycles. The van der Waals surface area contributed by atoms with Crippen molar-refractivity contribution in [1.29, 1.82) is 5.26 Å². The fourth-order valence-corrected chi connectivity index (χ4v) is 4.92. The van der Waals surface area contributed by atoms with E-state index in [0.29, 0.717) is 24.4 Å². The summed E-state index contributed by atoms with van der Waals surface area (Å²) in [6.45, 7) is 6.48. The van der Waals surface area contributed by atoms with Crippen molar-refractivity contribution in [3.05, 3.63) is 48.0 Å². The summed E-state index contributed by atoms with van der Waals surface area (Å²) in [5.41, 5.74) is 0.465. The lowest BCUT2D eigenvalue weighted by Crippen LogP contribution is -2.41. The number of rotatable bonds is 4. The van der Waals surface area contributed by atoms with Gasteiger partial charge in [0.25, 0.3) is 0 Å². The molecule has 1 aliphatic rings. The van der Waals surface area contributed by atoms with E-state index in [1.165, 1.54) is 16.4 Å². The zero-order chi connectivity index (χ0) is 21.9. The number of benzene rings is 1. The number of carbonyl (C=O) groups excluding carboxylic acids is 1. The van der Waals surface area contributed by atoms with Crippen molar-refractivity contribution in [2.45, 2.75) is 43.9 Å². The lowest BCUT2D eigenvalue weighted by atomic mass is 9.96. The van der Waals surface area contributed by atoms with Crippen LogP contribution in [0.3, 0.4) is 0 Å². The molecule has 0 bridgehead atoms. The normalized spacial score (nSPS) is 16.1. The molecule has 2 aromatic rings. The minimum atomic E-state index is -3.77. The minimum absolute atomic E-state index is 0.00601. The Morgan fingerprint density at radius 3 is 2.33 bits per heavy atom. The number of carbonyl (C=O) groups is 1. The first-order valence-corrected chi connectivity index (χ1v) is 11.2. The SMILES string of the molecule is CC(C)(C)c1ncc(NC(=O)C2CCN(S(=O)(=O)c3ccccc3C#N)CC2)cn1. The summed E-state index contributed by atoms with van der Waals surface area (Å²) in [4.78, 5) is 21.2. The van der Waals surface area contributed by atoms with Crippen molar-refractivity contribution in [1.82, 2.24) is 14.3 Å². The van der Waals surface area contributed by atoms with Crippen LogP contribution in [-0.4, -0.2) is 41.7 Å². The Labute approximate surface area is 177 Å². The molecule has 0 spiro atoms. The molecule has 0 unspecified atom stereocenters. The van der Waals surface area contributed by atoms with Crippen LogP contribution in [0.2, 0.25) is 0 Å². The van der Waals surface area contributed by atoms with E-state index in [-0.39, 0.29) is 40.8 Å². The van der Waals surface area contributed by atoms with Crippen LogP contribution < -0.4 is 5.32 Å². The Balaban J connectivity index is 1.62. The first kappa shape index (κ1) is 21.9. The third-order valence-corrected chi connectivity index (χ3v) is 7.00. The van der Waals surface area contributed by atoms with Crippen LogP contribution in [0.25, 0.3) is 0 Å². The van der Waals surface area contributed by atoms with Gasteiger partial charge in [-0.05, 0) is 25.0 Å². The van der Waals surface area contributed by atoms with Crippen LogP contribution in [0.15, 0.2) is 41.6 Å². The van der Waals surface area contributed by atoms with Crippen molar-refractivity contribution < 1.29 is 13.2 Å². The number of hydrogen-bond acceptors (Lipinski definition) is 6. The van der Waals surface area contributed by atoms with Gasteiger partial charge in [-0.25, -0.2) is 18.4 Å². The van der Waals surface area contributed by atoms with Crippen LogP contribution in [0, 0.1) is 17.2 Å². The summed E-state index contributed by atoms with van der Waals surface area (Å²) in [6, 6.07) is 8.08. The molecule has 1 N–H and O–H groups in total. The molecule has 0 radical (unpaired) electrons. The van der Waals surface area contributed by atoms with Crippen LogP contribution in [0.5, 0.6) is 0 Å². The van der Waals surface area contributed by atoms with E-state index in [9.17, 15) is 18.5 Å². The summed E-state index contributed by atoms with van der Waals surface area (Å²) in [5, 5.41) is 12.0. The van der Waals surface area contributed by atoms with Gasteiger partial charge in [0.05, 0.1) is 28.5 Å². The van der Waals surface area contributed by atoms with E-state index in [1.54, 1.807) is 24.5 Å². The largest absolute Gasteiger partial charge is 0.323 e. The number of piperidine rings is 1. The molecule has 0 aliphatic carbocycles. The van der Waals surface area contributed by atoms with Crippen LogP contribution in [0.1, 0.15) is 45.0 Å². The maximum atomic E-state index is 12.9. The molecule has 8 nitrogen and oxygen atoms in total. The zero-order valence-electron chi connectivity index (χ0n) is 17.3. The second kappa shape index (κ2) is 8.50. The fraction of sp³-hybridized carbons (Fsp3) is 0.429. The molecule has 0 atom stereocenters. The van der Waals surface area contributed by atoms with Crippen molar-refractivity contribution >= 4 is 21.6 Å². The van der Waals surface area contributed by atoms with Gasteiger partial charge in [-0.2, -0.15) is 9.57 Å². The molecule has 1 aliphatic heterocycles. The first-order valence-electron chi connectivity index (χ1n) is 9.75. The van der Waals surface area contributed by atoms with E-state index >= 15 is 0 Å². The molecular formula is C21H25N5O3S. The van der Waals surface area contributed by atoms with Gasteiger partial charge in [0.1, 0.15) is 11.9 Å². The third kappa shape index (κ3) is 4.66. The summed E-state index contributed by atoms with van der Waals surface area (Å²) < 4.78 is 27.2. The monoisotopic (exact) mass is 427 g/mol. The molecule has 30 heavy (non-hydrogen) atoms. The Morgan fingerprint density at radius 1 is 1.17 bits per heavy atom. The number of nitrogens with one attached hydrogen (secondary N) is 1. The Hall–Kier alpha value is -2.83. The molecule has 9 heteroatoms. The Morgan fingerprint density at radius 2 is 1.77 bits per heavy atom. The number of aromatic nitrogens is 2. The van der Waals surface area contributed by atoms with Crippen molar-refractivity contribution in [3.8, 4) is 6.07 Å².